The molecule has 118 valence electrons. The summed E-state index contributed by atoms with van der Waals surface area (Å²) in [7, 11) is 0. The highest BCUT2D eigenvalue weighted by atomic mass is 19.1. The number of halogens is 1. The average molecular weight is 310 g/mol. The first-order valence-electron chi connectivity index (χ1n) is 6.45. The van der Waals surface area contributed by atoms with Crippen molar-refractivity contribution in [2.24, 2.45) is 5.84 Å². The van der Waals surface area contributed by atoms with Crippen LogP contribution in [0.15, 0.2) is 18.2 Å². The van der Waals surface area contributed by atoms with Gasteiger partial charge in [0, 0.05) is 6.92 Å². The van der Waals surface area contributed by atoms with Gasteiger partial charge in [0.1, 0.15) is 11.9 Å². The van der Waals surface area contributed by atoms with Crippen molar-refractivity contribution < 1.29 is 23.5 Å². The molecule has 8 nitrogen and oxygen atoms in total. The number of nitrogens with one attached hydrogen (secondary N) is 2. The highest BCUT2D eigenvalue weighted by molar-refractivity contribution is 5.95. The van der Waals surface area contributed by atoms with E-state index in [1.54, 1.807) is 0 Å². The van der Waals surface area contributed by atoms with Gasteiger partial charge in [-0.25, -0.2) is 15.0 Å². The first-order chi connectivity index (χ1) is 10.4. The quantitative estimate of drug-likeness (QED) is 0.408. The zero-order valence-corrected chi connectivity index (χ0v) is 11.8. The summed E-state index contributed by atoms with van der Waals surface area (Å²) in [5.74, 6) is 3.13. The third-order valence-electron chi connectivity index (χ3n) is 3.09. The SMILES string of the molecule is CC(=O)NC[C@H]1CN(c2ccc(C(=O)NN)c(F)c2)C(=O)O1. The minimum absolute atomic E-state index is 0.168. The number of nitrogens with zero attached hydrogens (tertiary/aromatic N) is 1. The molecule has 1 aromatic rings. The number of hydrogen-bond acceptors (Lipinski definition) is 5. The zero-order valence-electron chi connectivity index (χ0n) is 11.8. The Morgan fingerprint density at radius 1 is 1.50 bits per heavy atom. The molecule has 1 saturated heterocycles. The Morgan fingerprint density at radius 3 is 2.82 bits per heavy atom. The fraction of sp³-hybridized carbons (Fsp3) is 0.308. The van der Waals surface area contributed by atoms with E-state index in [1.165, 1.54) is 24.0 Å². The second-order valence-corrected chi connectivity index (χ2v) is 4.69. The molecule has 0 radical (unpaired) electrons. The molecule has 1 aliphatic rings. The lowest BCUT2D eigenvalue weighted by Crippen LogP contribution is -2.33. The zero-order chi connectivity index (χ0) is 16.3. The van der Waals surface area contributed by atoms with E-state index in [2.05, 4.69) is 5.32 Å². The lowest BCUT2D eigenvalue weighted by molar-refractivity contribution is -0.119. The van der Waals surface area contributed by atoms with Crippen LogP contribution in [0.2, 0.25) is 0 Å². The van der Waals surface area contributed by atoms with Crippen LogP contribution in [0.4, 0.5) is 14.9 Å². The summed E-state index contributed by atoms with van der Waals surface area (Å²) < 4.78 is 18.9. The number of hydrogen-bond donors (Lipinski definition) is 3. The highest BCUT2D eigenvalue weighted by Gasteiger charge is 2.32. The number of nitrogen functional groups attached to an aromatic ring is 1. The van der Waals surface area contributed by atoms with E-state index in [1.807, 2.05) is 5.43 Å². The molecule has 3 amide bonds. The molecule has 0 bridgehead atoms. The number of ether oxygens (including phenoxy) is 1. The molecule has 2 rings (SSSR count). The third kappa shape index (κ3) is 3.31. The van der Waals surface area contributed by atoms with Crippen molar-refractivity contribution in [1.82, 2.24) is 10.7 Å². The van der Waals surface area contributed by atoms with E-state index in [4.69, 9.17) is 10.6 Å². The number of nitrogens with two attached hydrogens (primary N) is 1. The monoisotopic (exact) mass is 310 g/mol. The Hall–Kier alpha value is -2.68. The summed E-state index contributed by atoms with van der Waals surface area (Å²) in [5, 5.41) is 2.54. The molecule has 1 atom stereocenters. The van der Waals surface area contributed by atoms with E-state index >= 15 is 0 Å². The summed E-state index contributed by atoms with van der Waals surface area (Å²) in [6.07, 6.45) is -1.17. The molecule has 1 heterocycles. The van der Waals surface area contributed by atoms with Crippen LogP contribution >= 0.6 is 0 Å². The fourth-order valence-corrected chi connectivity index (χ4v) is 2.03. The normalized spacial score (nSPS) is 17.1. The van der Waals surface area contributed by atoms with Gasteiger partial charge >= 0.3 is 6.09 Å². The number of benzene rings is 1. The lowest BCUT2D eigenvalue weighted by Gasteiger charge is -2.14. The average Bonchev–Trinajstić information content (AvgIpc) is 2.85. The van der Waals surface area contributed by atoms with Gasteiger partial charge in [0.05, 0.1) is 24.3 Å². The van der Waals surface area contributed by atoms with Crippen LogP contribution in [-0.2, 0) is 9.53 Å². The predicted octanol–water partition coefficient (Wildman–Crippen LogP) is -0.110. The summed E-state index contributed by atoms with van der Waals surface area (Å²) in [6, 6.07) is 3.68. The van der Waals surface area contributed by atoms with Gasteiger partial charge in [-0.3, -0.25) is 19.9 Å². The van der Waals surface area contributed by atoms with E-state index < -0.39 is 23.9 Å². The summed E-state index contributed by atoms with van der Waals surface area (Å²) in [6.45, 7) is 1.69. The van der Waals surface area contributed by atoms with E-state index in [-0.39, 0.29) is 30.2 Å². The van der Waals surface area contributed by atoms with Gasteiger partial charge in [-0.05, 0) is 18.2 Å². The minimum Gasteiger partial charge on any atom is -0.442 e. The molecule has 0 saturated carbocycles. The highest BCUT2D eigenvalue weighted by Crippen LogP contribution is 2.23. The number of carbonyl (C=O) groups is 3. The number of carbonyl (C=O) groups excluding carboxylic acids is 3. The number of amides is 3. The number of rotatable bonds is 4. The van der Waals surface area contributed by atoms with Crippen LogP contribution in [-0.4, -0.2) is 37.1 Å². The fourth-order valence-electron chi connectivity index (χ4n) is 2.03. The van der Waals surface area contributed by atoms with Crippen LogP contribution in [0.5, 0.6) is 0 Å². The topological polar surface area (TPSA) is 114 Å². The van der Waals surface area contributed by atoms with Crippen LogP contribution in [0.1, 0.15) is 17.3 Å². The molecular formula is C13H15FN4O4. The van der Waals surface area contributed by atoms with Gasteiger partial charge in [-0.15, -0.1) is 0 Å². The van der Waals surface area contributed by atoms with Gasteiger partial charge in [0.2, 0.25) is 5.91 Å². The smallest absolute Gasteiger partial charge is 0.414 e. The predicted molar refractivity (Wildman–Crippen MR) is 74.4 cm³/mol. The maximum absolute atomic E-state index is 13.9. The van der Waals surface area contributed by atoms with Crippen molar-refractivity contribution >= 4 is 23.6 Å². The van der Waals surface area contributed by atoms with E-state index in [0.29, 0.717) is 0 Å². The summed E-state index contributed by atoms with van der Waals surface area (Å²) in [5.41, 5.74) is 1.85. The molecule has 0 aromatic heterocycles. The van der Waals surface area contributed by atoms with Crippen LogP contribution < -0.4 is 21.5 Å². The number of anilines is 1. The van der Waals surface area contributed by atoms with Gasteiger partial charge in [0.15, 0.2) is 0 Å². The van der Waals surface area contributed by atoms with Crippen molar-refractivity contribution in [3.8, 4) is 0 Å². The van der Waals surface area contributed by atoms with Gasteiger partial charge in [-0.1, -0.05) is 0 Å². The maximum atomic E-state index is 13.9. The van der Waals surface area contributed by atoms with Crippen molar-refractivity contribution in [3.63, 3.8) is 0 Å². The summed E-state index contributed by atoms with van der Waals surface area (Å²) in [4.78, 5) is 35.2. The molecule has 1 aliphatic heterocycles. The lowest BCUT2D eigenvalue weighted by atomic mass is 10.1. The van der Waals surface area contributed by atoms with Gasteiger partial charge < -0.3 is 10.1 Å². The molecular weight excluding hydrogens is 295 g/mol. The Kier molecular flexibility index (Phi) is 4.56. The van der Waals surface area contributed by atoms with Crippen molar-refractivity contribution in [1.29, 1.82) is 0 Å². The van der Waals surface area contributed by atoms with Gasteiger partial charge in [0.25, 0.3) is 5.91 Å². The molecule has 22 heavy (non-hydrogen) atoms. The third-order valence-corrected chi connectivity index (χ3v) is 3.09. The van der Waals surface area contributed by atoms with Crippen molar-refractivity contribution in [3.05, 3.63) is 29.6 Å². The van der Waals surface area contributed by atoms with Crippen LogP contribution in [0, 0.1) is 5.82 Å². The van der Waals surface area contributed by atoms with Gasteiger partial charge in [-0.2, -0.15) is 0 Å². The largest absolute Gasteiger partial charge is 0.442 e. The molecule has 0 unspecified atom stereocenters. The van der Waals surface area contributed by atoms with Crippen molar-refractivity contribution in [2.45, 2.75) is 13.0 Å². The second-order valence-electron chi connectivity index (χ2n) is 4.69. The van der Waals surface area contributed by atoms with Crippen molar-refractivity contribution in [2.75, 3.05) is 18.0 Å². The standard InChI is InChI=1S/C13H15FN4O4/c1-7(19)16-5-9-6-18(13(21)22-9)8-2-3-10(11(14)4-8)12(20)17-15/h2-4,9H,5-6,15H2,1H3,(H,16,19)(H,17,20)/t9-/m0/s1. The summed E-state index contributed by atoms with van der Waals surface area (Å²) >= 11 is 0. The molecule has 0 aliphatic carbocycles. The Bertz CT molecular complexity index is 622. The van der Waals surface area contributed by atoms with Crippen LogP contribution in [0.3, 0.4) is 0 Å². The minimum atomic E-state index is -0.807. The second kappa shape index (κ2) is 6.39. The first-order valence-corrected chi connectivity index (χ1v) is 6.45. The molecule has 4 N–H and O–H groups in total. The molecule has 1 aromatic carbocycles. The number of hydrazine groups is 1. The van der Waals surface area contributed by atoms with E-state index in [9.17, 15) is 18.8 Å². The molecule has 0 spiro atoms. The van der Waals surface area contributed by atoms with E-state index in [0.717, 1.165) is 6.07 Å². The maximum Gasteiger partial charge on any atom is 0.414 e. The number of cyclic esters (lactones) is 1. The van der Waals surface area contributed by atoms with Crippen LogP contribution in [0.25, 0.3) is 0 Å². The molecule has 1 fully saturated rings. The Morgan fingerprint density at radius 2 is 2.23 bits per heavy atom. The Balaban J connectivity index is 2.12. The molecule has 9 heteroatoms. The Labute approximate surface area is 125 Å². The first kappa shape index (κ1) is 15.7.